The van der Waals surface area contributed by atoms with Crippen molar-refractivity contribution in [3.8, 4) is 0 Å². The normalized spacial score (nSPS) is 10.6. The van der Waals surface area contributed by atoms with Gasteiger partial charge in [0.1, 0.15) is 0 Å². The van der Waals surface area contributed by atoms with Crippen LogP contribution in [0.5, 0.6) is 0 Å². The maximum absolute atomic E-state index is 11.7. The third kappa shape index (κ3) is 4.89. The predicted octanol–water partition coefficient (Wildman–Crippen LogP) is 2.44. The molecule has 0 atom stereocenters. The molecule has 1 aromatic rings. The Hall–Kier alpha value is -1.33. The molecule has 0 N–H and O–H groups in total. The van der Waals surface area contributed by atoms with Crippen LogP contribution in [0.3, 0.4) is 0 Å². The predicted molar refractivity (Wildman–Crippen MR) is 72.6 cm³/mol. The largest absolute Gasteiger partial charge is 0.469 e. The minimum atomic E-state index is -0.330. The van der Waals surface area contributed by atoms with E-state index in [4.69, 9.17) is 11.6 Å². The molecule has 6 heteroatoms. The number of amides is 1. The van der Waals surface area contributed by atoms with Crippen molar-refractivity contribution in [2.24, 2.45) is 0 Å². The average molecular weight is 288 g/mol. The van der Waals surface area contributed by atoms with Crippen LogP contribution in [0.15, 0.2) is 18.2 Å². The summed E-state index contributed by atoms with van der Waals surface area (Å²) < 4.78 is 5.19. The molecule has 0 fully saturated rings. The molecule has 0 unspecified atom stereocenters. The number of hydrogen-bond acceptors (Lipinski definition) is 4. The first-order chi connectivity index (χ1) is 8.52. The first-order valence-corrected chi connectivity index (χ1v) is 6.47. The van der Waals surface area contributed by atoms with E-state index in [9.17, 15) is 9.59 Å². The number of carbonyl (C=O) groups excluding carboxylic acids is 2. The molecule has 0 aliphatic carbocycles. The van der Waals surface area contributed by atoms with Crippen molar-refractivity contribution in [2.75, 3.05) is 20.7 Å². The molecule has 0 aliphatic heterocycles. The maximum atomic E-state index is 11.7. The second-order valence-corrected chi connectivity index (χ2v) is 5.31. The van der Waals surface area contributed by atoms with Crippen molar-refractivity contribution >= 4 is 40.9 Å². The lowest BCUT2D eigenvalue weighted by Gasteiger charge is -2.13. The van der Waals surface area contributed by atoms with Crippen LogP contribution in [0.2, 0.25) is 4.34 Å². The Balaban J connectivity index is 2.44. The number of hydrogen-bond donors (Lipinski definition) is 0. The summed E-state index contributed by atoms with van der Waals surface area (Å²) >= 11 is 7.17. The van der Waals surface area contributed by atoms with Gasteiger partial charge in [0.15, 0.2) is 0 Å². The molecule has 1 amide bonds. The molecule has 0 saturated heterocycles. The lowest BCUT2D eigenvalue weighted by atomic mass is 10.3. The zero-order valence-corrected chi connectivity index (χ0v) is 11.8. The zero-order valence-electron chi connectivity index (χ0n) is 10.2. The first-order valence-electron chi connectivity index (χ1n) is 5.28. The molecule has 1 aromatic heterocycles. The number of halogens is 1. The third-order valence-electron chi connectivity index (χ3n) is 2.24. The molecule has 98 valence electrons. The van der Waals surface area contributed by atoms with E-state index in [1.165, 1.54) is 29.4 Å². The van der Waals surface area contributed by atoms with Crippen molar-refractivity contribution in [3.63, 3.8) is 0 Å². The quantitative estimate of drug-likeness (QED) is 0.617. The number of ether oxygens (including phenoxy) is 1. The topological polar surface area (TPSA) is 46.6 Å². The van der Waals surface area contributed by atoms with E-state index in [1.807, 2.05) is 6.07 Å². The second kappa shape index (κ2) is 7.18. The monoisotopic (exact) mass is 287 g/mol. The molecule has 18 heavy (non-hydrogen) atoms. The standard InChI is InChI=1S/C12H14ClNO3S/c1-14(8-7-12(16)17-2)11(15)6-4-9-3-5-10(13)18-9/h3-6H,7-8H2,1-2H3. The van der Waals surface area contributed by atoms with E-state index < -0.39 is 0 Å². The summed E-state index contributed by atoms with van der Waals surface area (Å²) in [5.74, 6) is -0.493. The van der Waals surface area contributed by atoms with Gasteiger partial charge in [0.2, 0.25) is 5.91 Å². The van der Waals surface area contributed by atoms with Crippen LogP contribution in [-0.4, -0.2) is 37.5 Å². The lowest BCUT2D eigenvalue weighted by Crippen LogP contribution is -2.27. The highest BCUT2D eigenvalue weighted by atomic mass is 35.5. The van der Waals surface area contributed by atoms with Gasteiger partial charge < -0.3 is 9.64 Å². The van der Waals surface area contributed by atoms with Gasteiger partial charge in [-0.25, -0.2) is 0 Å². The van der Waals surface area contributed by atoms with Gasteiger partial charge in [-0.1, -0.05) is 11.6 Å². The SMILES string of the molecule is COC(=O)CCN(C)C(=O)C=Cc1ccc(Cl)s1. The van der Waals surface area contributed by atoms with Crippen LogP contribution in [0, 0.1) is 0 Å². The highest BCUT2D eigenvalue weighted by Crippen LogP contribution is 2.22. The highest BCUT2D eigenvalue weighted by Gasteiger charge is 2.08. The number of carbonyl (C=O) groups is 2. The fourth-order valence-corrected chi connectivity index (χ4v) is 2.13. The summed E-state index contributed by atoms with van der Waals surface area (Å²) in [5, 5.41) is 0. The van der Waals surface area contributed by atoms with Gasteiger partial charge in [0, 0.05) is 24.5 Å². The van der Waals surface area contributed by atoms with Crippen molar-refractivity contribution in [1.29, 1.82) is 0 Å². The number of thiophene rings is 1. The number of likely N-dealkylation sites (N-methyl/N-ethyl adjacent to an activating group) is 1. The third-order valence-corrected chi connectivity index (χ3v) is 3.44. The Morgan fingerprint density at radius 3 is 2.78 bits per heavy atom. The van der Waals surface area contributed by atoms with E-state index in [2.05, 4.69) is 4.74 Å². The summed E-state index contributed by atoms with van der Waals surface area (Å²) in [6, 6.07) is 3.61. The van der Waals surface area contributed by atoms with Crippen molar-refractivity contribution in [1.82, 2.24) is 4.90 Å². The molecule has 1 heterocycles. The van der Waals surface area contributed by atoms with Crippen molar-refractivity contribution < 1.29 is 14.3 Å². The molecule has 0 aromatic carbocycles. The molecule has 0 spiro atoms. The molecule has 0 saturated carbocycles. The molecule has 4 nitrogen and oxygen atoms in total. The number of esters is 1. The number of rotatable bonds is 5. The number of methoxy groups -OCH3 is 1. The van der Waals surface area contributed by atoms with Crippen LogP contribution in [0.4, 0.5) is 0 Å². The minimum Gasteiger partial charge on any atom is -0.469 e. The van der Waals surface area contributed by atoms with Gasteiger partial charge in [0.25, 0.3) is 0 Å². The Labute approximate surface area is 115 Å². The van der Waals surface area contributed by atoms with Crippen LogP contribution in [0.25, 0.3) is 6.08 Å². The average Bonchev–Trinajstić information content (AvgIpc) is 2.78. The molecule has 1 rings (SSSR count). The van der Waals surface area contributed by atoms with E-state index >= 15 is 0 Å². The Morgan fingerprint density at radius 2 is 2.22 bits per heavy atom. The summed E-state index contributed by atoms with van der Waals surface area (Å²) in [6.07, 6.45) is 3.35. The van der Waals surface area contributed by atoms with Gasteiger partial charge in [-0.05, 0) is 18.2 Å². The van der Waals surface area contributed by atoms with Gasteiger partial charge in [-0.3, -0.25) is 9.59 Å². The van der Waals surface area contributed by atoms with Crippen LogP contribution >= 0.6 is 22.9 Å². The Kier molecular flexibility index (Phi) is 5.88. The molecular formula is C12H14ClNO3S. The van der Waals surface area contributed by atoms with Crippen LogP contribution < -0.4 is 0 Å². The molecule has 0 aliphatic rings. The fourth-order valence-electron chi connectivity index (χ4n) is 1.17. The van der Waals surface area contributed by atoms with E-state index in [1.54, 1.807) is 19.2 Å². The lowest BCUT2D eigenvalue weighted by molar-refractivity contribution is -0.141. The molecular weight excluding hydrogens is 274 g/mol. The summed E-state index contributed by atoms with van der Waals surface area (Å²) in [7, 11) is 2.96. The smallest absolute Gasteiger partial charge is 0.307 e. The van der Waals surface area contributed by atoms with Gasteiger partial charge >= 0.3 is 5.97 Å². The zero-order chi connectivity index (χ0) is 13.5. The Morgan fingerprint density at radius 1 is 1.50 bits per heavy atom. The van der Waals surface area contributed by atoms with Gasteiger partial charge in [0.05, 0.1) is 17.9 Å². The van der Waals surface area contributed by atoms with Crippen molar-refractivity contribution in [2.45, 2.75) is 6.42 Å². The summed E-state index contributed by atoms with van der Waals surface area (Å²) in [6.45, 7) is 0.334. The fraction of sp³-hybridized carbons (Fsp3) is 0.333. The highest BCUT2D eigenvalue weighted by molar-refractivity contribution is 7.17. The van der Waals surface area contributed by atoms with Gasteiger partial charge in [-0.15, -0.1) is 11.3 Å². The maximum Gasteiger partial charge on any atom is 0.307 e. The minimum absolute atomic E-state index is 0.163. The first kappa shape index (κ1) is 14.7. The van der Waals surface area contributed by atoms with Crippen molar-refractivity contribution in [3.05, 3.63) is 27.4 Å². The van der Waals surface area contributed by atoms with E-state index in [-0.39, 0.29) is 18.3 Å². The van der Waals surface area contributed by atoms with Gasteiger partial charge in [-0.2, -0.15) is 0 Å². The molecule has 0 radical (unpaired) electrons. The summed E-state index contributed by atoms with van der Waals surface area (Å²) in [4.78, 5) is 25.0. The summed E-state index contributed by atoms with van der Waals surface area (Å²) in [5.41, 5.74) is 0. The van der Waals surface area contributed by atoms with Crippen LogP contribution in [-0.2, 0) is 14.3 Å². The van der Waals surface area contributed by atoms with Crippen LogP contribution in [0.1, 0.15) is 11.3 Å². The Bertz CT molecular complexity index is 456. The van der Waals surface area contributed by atoms with E-state index in [0.29, 0.717) is 10.9 Å². The second-order valence-electron chi connectivity index (χ2n) is 3.56. The van der Waals surface area contributed by atoms with E-state index in [0.717, 1.165) is 4.88 Å². The molecule has 0 bridgehead atoms. The number of nitrogens with zero attached hydrogens (tertiary/aromatic N) is 1.